The molecular weight excluding hydrogens is 476 g/mol. The van der Waals surface area contributed by atoms with Crippen molar-refractivity contribution >= 4 is 34.9 Å². The molecule has 7 nitrogen and oxygen atoms in total. The molecule has 0 radical (unpaired) electrons. The molecule has 0 aliphatic rings. The van der Waals surface area contributed by atoms with Crippen molar-refractivity contribution in [2.24, 2.45) is 0 Å². The average molecular weight is 499 g/mol. The van der Waals surface area contributed by atoms with Gasteiger partial charge >= 0.3 is 0 Å². The maximum Gasteiger partial charge on any atom is 0.269 e. The van der Waals surface area contributed by atoms with E-state index in [-0.39, 0.29) is 22.4 Å². The number of hydrogen-bond acceptors (Lipinski definition) is 5. The van der Waals surface area contributed by atoms with Gasteiger partial charge in [0.15, 0.2) is 0 Å². The summed E-state index contributed by atoms with van der Waals surface area (Å²) in [6.07, 6.45) is 2.75. The molecule has 2 heterocycles. The fourth-order valence-corrected chi connectivity index (χ4v) is 3.57. The van der Waals surface area contributed by atoms with Crippen LogP contribution in [-0.2, 0) is 10.2 Å². The van der Waals surface area contributed by atoms with Crippen LogP contribution in [0.15, 0.2) is 83.3 Å². The van der Waals surface area contributed by atoms with Gasteiger partial charge in [-0.25, -0.2) is 0 Å². The second-order valence-corrected chi connectivity index (χ2v) is 9.51. The summed E-state index contributed by atoms with van der Waals surface area (Å²) < 4.78 is 7.32. The number of benzene rings is 2. The molecule has 4 rings (SSSR count). The van der Waals surface area contributed by atoms with Crippen LogP contribution in [0.1, 0.15) is 31.9 Å². The zero-order valence-corrected chi connectivity index (χ0v) is 20.7. The van der Waals surface area contributed by atoms with Gasteiger partial charge in [-0.15, -0.1) is 0 Å². The van der Waals surface area contributed by atoms with Crippen LogP contribution in [0.2, 0.25) is 5.02 Å². The predicted molar refractivity (Wildman–Crippen MR) is 140 cm³/mol. The highest BCUT2D eigenvalue weighted by atomic mass is 35.5. The van der Waals surface area contributed by atoms with Crippen molar-refractivity contribution in [3.8, 4) is 17.7 Å². The summed E-state index contributed by atoms with van der Waals surface area (Å²) in [5.74, 6) is -0.228. The third kappa shape index (κ3) is 5.45. The lowest BCUT2D eigenvalue weighted by Crippen LogP contribution is -2.20. The van der Waals surface area contributed by atoms with E-state index < -0.39 is 11.5 Å². The van der Waals surface area contributed by atoms with Crippen molar-refractivity contribution in [2.75, 3.05) is 5.32 Å². The number of nitrogens with zero attached hydrogens (tertiary/aromatic N) is 3. The Morgan fingerprint density at radius 1 is 1.08 bits per heavy atom. The van der Waals surface area contributed by atoms with Gasteiger partial charge in [-0.1, -0.05) is 50.6 Å². The number of aromatic nitrogens is 2. The minimum absolute atomic E-state index is 0.0123. The van der Waals surface area contributed by atoms with Gasteiger partial charge in [0.1, 0.15) is 28.6 Å². The van der Waals surface area contributed by atoms with E-state index in [0.717, 1.165) is 5.56 Å². The molecule has 0 saturated heterocycles. The number of carbonyl (C=O) groups is 1. The summed E-state index contributed by atoms with van der Waals surface area (Å²) in [4.78, 5) is 30.6. The Kier molecular flexibility index (Phi) is 6.91. The molecular formula is C28H23ClN4O3. The van der Waals surface area contributed by atoms with Crippen molar-refractivity contribution in [1.82, 2.24) is 9.38 Å². The topological polar surface area (TPSA) is 96.5 Å². The number of ether oxygens (including phenoxy) is 1. The van der Waals surface area contributed by atoms with Crippen LogP contribution < -0.4 is 15.6 Å². The number of fused-ring (bicyclic) bond motifs is 1. The molecule has 0 aliphatic heterocycles. The van der Waals surface area contributed by atoms with E-state index in [1.807, 2.05) is 18.2 Å². The summed E-state index contributed by atoms with van der Waals surface area (Å²) in [5.41, 5.74) is 1.11. The zero-order chi connectivity index (χ0) is 25.9. The minimum atomic E-state index is -0.683. The SMILES string of the molecule is CC(C)(C)c1ccc(Oc2nc3ccccn3c(=O)c2/C=C(/C#N)C(=O)Nc2ccc(Cl)cc2)cc1. The van der Waals surface area contributed by atoms with Gasteiger partial charge in [-0.2, -0.15) is 10.2 Å². The first kappa shape index (κ1) is 24.7. The van der Waals surface area contributed by atoms with Crippen molar-refractivity contribution in [3.63, 3.8) is 0 Å². The van der Waals surface area contributed by atoms with E-state index in [0.29, 0.717) is 22.1 Å². The molecule has 36 heavy (non-hydrogen) atoms. The highest BCUT2D eigenvalue weighted by Gasteiger charge is 2.18. The van der Waals surface area contributed by atoms with E-state index in [4.69, 9.17) is 16.3 Å². The van der Waals surface area contributed by atoms with Crippen molar-refractivity contribution < 1.29 is 9.53 Å². The van der Waals surface area contributed by atoms with E-state index in [1.54, 1.807) is 60.8 Å². The lowest BCUT2D eigenvalue weighted by molar-refractivity contribution is -0.112. The lowest BCUT2D eigenvalue weighted by Gasteiger charge is -2.19. The second-order valence-electron chi connectivity index (χ2n) is 9.07. The van der Waals surface area contributed by atoms with Gasteiger partial charge in [0.2, 0.25) is 5.88 Å². The average Bonchev–Trinajstić information content (AvgIpc) is 2.85. The molecule has 8 heteroatoms. The van der Waals surface area contributed by atoms with Crippen molar-refractivity contribution in [1.29, 1.82) is 5.26 Å². The summed E-state index contributed by atoms with van der Waals surface area (Å²) >= 11 is 5.89. The number of hydrogen-bond donors (Lipinski definition) is 1. The first-order chi connectivity index (χ1) is 17.2. The minimum Gasteiger partial charge on any atom is -0.438 e. The molecule has 0 spiro atoms. The largest absolute Gasteiger partial charge is 0.438 e. The molecule has 2 aromatic heterocycles. The molecule has 1 N–H and O–H groups in total. The Morgan fingerprint density at radius 2 is 1.78 bits per heavy atom. The smallest absolute Gasteiger partial charge is 0.269 e. The number of amides is 1. The Balaban J connectivity index is 1.76. The number of halogens is 1. The zero-order valence-electron chi connectivity index (χ0n) is 19.9. The summed E-state index contributed by atoms with van der Waals surface area (Å²) in [6, 6.07) is 20.9. The van der Waals surface area contributed by atoms with Gasteiger partial charge in [-0.05, 0) is 65.6 Å². The molecule has 0 aliphatic carbocycles. The van der Waals surface area contributed by atoms with Gasteiger partial charge in [0.05, 0.1) is 0 Å². The Morgan fingerprint density at radius 3 is 2.42 bits per heavy atom. The van der Waals surface area contributed by atoms with Gasteiger partial charge < -0.3 is 10.1 Å². The molecule has 0 unspecified atom stereocenters. The number of rotatable bonds is 5. The quantitative estimate of drug-likeness (QED) is 0.269. The summed E-state index contributed by atoms with van der Waals surface area (Å²) in [5, 5.41) is 12.8. The van der Waals surface area contributed by atoms with Crippen LogP contribution >= 0.6 is 11.6 Å². The van der Waals surface area contributed by atoms with Crippen LogP contribution in [0.25, 0.3) is 11.7 Å². The monoisotopic (exact) mass is 498 g/mol. The molecule has 180 valence electrons. The molecule has 2 aromatic carbocycles. The molecule has 1 amide bonds. The second kappa shape index (κ2) is 10.1. The van der Waals surface area contributed by atoms with E-state index in [9.17, 15) is 14.9 Å². The number of pyridine rings is 1. The maximum absolute atomic E-state index is 13.3. The van der Waals surface area contributed by atoms with Crippen LogP contribution in [-0.4, -0.2) is 15.3 Å². The highest BCUT2D eigenvalue weighted by Crippen LogP contribution is 2.28. The maximum atomic E-state index is 13.3. The molecule has 0 saturated carbocycles. The van der Waals surface area contributed by atoms with E-state index in [1.165, 1.54) is 10.5 Å². The van der Waals surface area contributed by atoms with Gasteiger partial charge in [-0.3, -0.25) is 14.0 Å². The number of nitriles is 1. The molecule has 0 fully saturated rings. The van der Waals surface area contributed by atoms with Crippen molar-refractivity contribution in [2.45, 2.75) is 26.2 Å². The summed E-state index contributed by atoms with van der Waals surface area (Å²) in [6.45, 7) is 6.32. The Hall–Kier alpha value is -4.41. The van der Waals surface area contributed by atoms with Crippen LogP contribution in [0, 0.1) is 11.3 Å². The highest BCUT2D eigenvalue weighted by molar-refractivity contribution is 6.30. The normalized spacial score (nSPS) is 11.7. The standard InChI is InChI=1S/C28H23ClN4O3/c1-28(2,3)19-7-13-22(14-8-19)36-26-23(27(35)33-15-5-4-6-24(33)32-26)16-18(17-30)25(34)31-21-11-9-20(29)10-12-21/h4-16H,1-3H3,(H,31,34)/b18-16-. The molecule has 0 atom stereocenters. The third-order valence-electron chi connectivity index (χ3n) is 5.42. The van der Waals surface area contributed by atoms with Crippen LogP contribution in [0.3, 0.4) is 0 Å². The number of anilines is 1. The Labute approximate surface area is 213 Å². The van der Waals surface area contributed by atoms with Gasteiger partial charge in [0, 0.05) is 16.9 Å². The first-order valence-corrected chi connectivity index (χ1v) is 11.5. The number of nitrogens with one attached hydrogen (secondary N) is 1. The van der Waals surface area contributed by atoms with Crippen LogP contribution in [0.5, 0.6) is 11.6 Å². The van der Waals surface area contributed by atoms with Gasteiger partial charge in [0.25, 0.3) is 11.5 Å². The fourth-order valence-electron chi connectivity index (χ4n) is 3.44. The molecule has 4 aromatic rings. The van der Waals surface area contributed by atoms with E-state index in [2.05, 4.69) is 31.1 Å². The third-order valence-corrected chi connectivity index (χ3v) is 5.68. The number of carbonyl (C=O) groups excluding carboxylic acids is 1. The predicted octanol–water partition coefficient (Wildman–Crippen LogP) is 5.98. The molecule has 0 bridgehead atoms. The Bertz CT molecular complexity index is 1560. The van der Waals surface area contributed by atoms with E-state index >= 15 is 0 Å². The lowest BCUT2D eigenvalue weighted by atomic mass is 9.87. The summed E-state index contributed by atoms with van der Waals surface area (Å²) in [7, 11) is 0. The van der Waals surface area contributed by atoms with Crippen LogP contribution in [0.4, 0.5) is 5.69 Å². The first-order valence-electron chi connectivity index (χ1n) is 11.1. The fraction of sp³-hybridized carbons (Fsp3) is 0.143. The van der Waals surface area contributed by atoms with Crippen molar-refractivity contribution in [3.05, 3.63) is 105 Å².